The molecule has 0 spiro atoms. The molecule has 0 radical (unpaired) electrons. The van der Waals surface area contributed by atoms with Gasteiger partial charge in [0.2, 0.25) is 12.7 Å². The summed E-state index contributed by atoms with van der Waals surface area (Å²) in [6.07, 6.45) is 22.3. The van der Waals surface area contributed by atoms with Gasteiger partial charge in [-0.25, -0.2) is 4.31 Å². The smallest absolute Gasteiger partial charge is 0.259 e. The summed E-state index contributed by atoms with van der Waals surface area (Å²) >= 11 is 31.8. The number of ether oxygens (including phenoxy) is 1. The van der Waals surface area contributed by atoms with Crippen molar-refractivity contribution in [2.45, 2.75) is 193 Å². The zero-order chi connectivity index (χ0) is 50.1. The zero-order valence-corrected chi connectivity index (χ0v) is 56.1. The molecule has 5 saturated carbocycles. The van der Waals surface area contributed by atoms with Gasteiger partial charge < -0.3 is 15.4 Å². The summed E-state index contributed by atoms with van der Waals surface area (Å²) in [5, 5.41) is 6.11. The van der Waals surface area contributed by atoms with Crippen molar-refractivity contribution >= 4 is 180 Å². The first-order valence-corrected chi connectivity index (χ1v) is 32.3. The Morgan fingerprint density at radius 2 is 1.28 bits per heavy atom. The van der Waals surface area contributed by atoms with E-state index in [4.69, 9.17) is 17.3 Å². The number of carbonyl (C=O) groups excluding carboxylic acids is 2. The molecule has 20 heteroatoms. The quantitative estimate of drug-likeness (QED) is 0.0726. The standard InChI is InChI=1S/C22H37NO2.C12H16Br3NO.C7H11Br3O2S.C6H10Br3NOS/c1-8-21(4,5)18-12-13-20(19(16-18)22(6,7)9-2)25-15-11-10-14-23-17(3)24;13-12(14,15)10(17)16-11-4-7-1-8(5-11)3-9(2-7)6-11;8-7(9,10)12-13-11-6-4-2-1-3-5-6;7-6(8,9)11-12-10-4-2-1-3-5-10/h12-13,16H,8-11,14-15H2,1-7H3,(H,23,24);7-9H,1-6H2,(H,16,17);6H,1-5H2;1-5H2. The number of carbonyl (C=O) groups is 2. The van der Waals surface area contributed by atoms with Crippen LogP contribution in [0.2, 0.25) is 0 Å². The van der Waals surface area contributed by atoms with Crippen molar-refractivity contribution in [3.8, 4) is 5.75 Å². The molecule has 2 N–H and O–H groups in total. The van der Waals surface area contributed by atoms with Gasteiger partial charge >= 0.3 is 0 Å². The molecule has 0 unspecified atom stereocenters. The highest BCUT2D eigenvalue weighted by atomic mass is 80.0. The van der Waals surface area contributed by atoms with Gasteiger partial charge in [-0.15, -0.1) is 0 Å². The first-order chi connectivity index (χ1) is 31.2. The zero-order valence-electron chi connectivity index (χ0n) is 40.2. The minimum Gasteiger partial charge on any atom is -0.493 e. The maximum Gasteiger partial charge on any atom is 0.259 e. The Labute approximate surface area is 488 Å². The Balaban J connectivity index is 0.000000247. The van der Waals surface area contributed by atoms with Crippen LogP contribution < -0.4 is 15.4 Å². The predicted octanol–water partition coefficient (Wildman–Crippen LogP) is 17.8. The fraction of sp³-hybridized carbons (Fsp3) is 0.830. The number of piperidine rings is 1. The van der Waals surface area contributed by atoms with Gasteiger partial charge in [-0.2, -0.15) is 0 Å². The highest BCUT2D eigenvalue weighted by Crippen LogP contribution is 2.56. The van der Waals surface area contributed by atoms with Crippen LogP contribution in [0.4, 0.5) is 0 Å². The third-order valence-electron chi connectivity index (χ3n) is 13.5. The van der Waals surface area contributed by atoms with Crippen LogP contribution in [0.1, 0.15) is 175 Å². The van der Waals surface area contributed by atoms with Crippen molar-refractivity contribution in [2.75, 3.05) is 26.2 Å². The Morgan fingerprint density at radius 3 is 1.78 bits per heavy atom. The lowest BCUT2D eigenvalue weighted by molar-refractivity contribution is -0.125. The van der Waals surface area contributed by atoms with Crippen LogP contribution >= 0.6 is 168 Å². The van der Waals surface area contributed by atoms with Crippen molar-refractivity contribution < 1.29 is 26.9 Å². The molecule has 1 aliphatic heterocycles. The van der Waals surface area contributed by atoms with Gasteiger partial charge in [0.15, 0.2) is 12.3 Å². The summed E-state index contributed by atoms with van der Waals surface area (Å²) < 4.78 is 22.3. The average Bonchev–Trinajstić information content (AvgIpc) is 3.24. The fourth-order valence-corrected chi connectivity index (χ4v) is 11.9. The van der Waals surface area contributed by atoms with Crippen molar-refractivity contribution in [2.24, 2.45) is 17.8 Å². The Kier molecular flexibility index (Phi) is 29.2. The number of nitrogens with zero attached hydrogens (tertiary/aromatic N) is 1. The Hall–Kier alpha value is 2.82. The number of hydrogen-bond acceptors (Lipinski definition) is 9. The summed E-state index contributed by atoms with van der Waals surface area (Å²) in [6, 6.07) is 6.71. The number of hydrogen-bond donors (Lipinski definition) is 2. The van der Waals surface area contributed by atoms with Crippen LogP contribution in [0.3, 0.4) is 0 Å². The highest BCUT2D eigenvalue weighted by Gasteiger charge is 2.52. The Bertz CT molecular complexity index is 1600. The van der Waals surface area contributed by atoms with E-state index in [1.165, 1.54) is 100 Å². The maximum absolute atomic E-state index is 12.1. The summed E-state index contributed by atoms with van der Waals surface area (Å²) in [7, 11) is 0. The molecular weight excluding hydrogens is 1490 g/mol. The molecule has 4 bridgehead atoms. The molecule has 5 aliphatic carbocycles. The van der Waals surface area contributed by atoms with E-state index in [0.717, 1.165) is 94.0 Å². The molecule has 2 amide bonds. The normalized spacial score (nSPS) is 23.4. The largest absolute Gasteiger partial charge is 0.493 e. The van der Waals surface area contributed by atoms with Crippen molar-refractivity contribution in [1.82, 2.24) is 14.9 Å². The predicted molar refractivity (Wildman–Crippen MR) is 315 cm³/mol. The first-order valence-electron chi connectivity index (χ1n) is 23.8. The number of nitrogens with one attached hydrogen (secondary N) is 2. The SMILES string of the molecule is BrC(Br)(Br)OSN1CCCCC1.BrC(Br)(Br)OSOC1CCCCC1.CCC(C)(C)c1ccc(OCCCCNC(C)=O)c(C(C)(C)CC)c1.O=C(NC12CC3CC(CC(C3)C1)C2)C(Br)(Br)Br. The van der Waals surface area contributed by atoms with Crippen LogP contribution in [0.15, 0.2) is 18.2 Å². The van der Waals surface area contributed by atoms with Crippen LogP contribution in [0, 0.1) is 17.8 Å². The average molecular weight is 1560 g/mol. The second kappa shape index (κ2) is 30.5. The lowest BCUT2D eigenvalue weighted by Crippen LogP contribution is -2.61. The van der Waals surface area contributed by atoms with E-state index in [1.807, 2.05) is 0 Å². The lowest BCUT2D eigenvalue weighted by atomic mass is 9.53. The molecule has 6 aliphatic rings. The molecule has 1 aromatic rings. The topological polar surface area (TPSA) is 98.4 Å². The van der Waals surface area contributed by atoms with Gasteiger partial charge in [0.05, 0.1) is 24.9 Å². The summed E-state index contributed by atoms with van der Waals surface area (Å²) in [5.41, 5.74) is 3.04. The number of alkyl halides is 9. The fourth-order valence-electron chi connectivity index (χ4n) is 9.56. The number of unbranched alkanes of at least 4 members (excludes halogenated alkanes) is 1. The highest BCUT2D eigenvalue weighted by molar-refractivity contribution is 9.40. The number of halogens is 9. The minimum atomic E-state index is -0.809. The van der Waals surface area contributed by atoms with Gasteiger partial charge in [-0.3, -0.25) is 22.1 Å². The van der Waals surface area contributed by atoms with E-state index >= 15 is 0 Å². The van der Waals surface area contributed by atoms with Gasteiger partial charge in [0, 0.05) is 37.7 Å². The number of amides is 2. The molecular formula is C47H74Br9N3O6S2. The molecule has 9 nitrogen and oxygen atoms in total. The van der Waals surface area contributed by atoms with E-state index < -0.39 is 6.80 Å². The Morgan fingerprint density at radius 1 is 0.746 bits per heavy atom. The number of benzene rings is 1. The molecule has 1 heterocycles. The van der Waals surface area contributed by atoms with Gasteiger partial charge in [-0.05, 0) is 273 Å². The molecule has 7 rings (SSSR count). The van der Waals surface area contributed by atoms with E-state index in [1.54, 1.807) is 6.92 Å². The van der Waals surface area contributed by atoms with E-state index in [-0.39, 0.29) is 28.2 Å². The number of rotatable bonds is 16. The van der Waals surface area contributed by atoms with Gasteiger partial charge in [0.25, 0.3) is 5.91 Å². The van der Waals surface area contributed by atoms with Crippen molar-refractivity contribution in [3.63, 3.8) is 0 Å². The van der Waals surface area contributed by atoms with Gasteiger partial charge in [-0.1, -0.05) is 79.4 Å². The summed E-state index contributed by atoms with van der Waals surface area (Å²) in [6.45, 7) is 18.8. The first kappa shape index (κ1) is 64.1. The third-order valence-corrected chi connectivity index (χ3v) is 18.4. The molecule has 388 valence electrons. The molecule has 6 fully saturated rings. The monoisotopic (exact) mass is 1550 g/mol. The maximum atomic E-state index is 12.1. The molecule has 0 atom stereocenters. The lowest BCUT2D eigenvalue weighted by Gasteiger charge is -2.57. The van der Waals surface area contributed by atoms with Gasteiger partial charge in [0.1, 0.15) is 5.75 Å². The van der Waals surface area contributed by atoms with E-state index in [9.17, 15) is 9.59 Å². The van der Waals surface area contributed by atoms with Crippen molar-refractivity contribution in [3.05, 3.63) is 29.3 Å². The van der Waals surface area contributed by atoms with Crippen LogP contribution in [-0.4, -0.2) is 60.8 Å². The molecule has 0 aromatic heterocycles. The molecule has 1 aromatic carbocycles. The summed E-state index contributed by atoms with van der Waals surface area (Å²) in [5.74, 6) is 3.61. The van der Waals surface area contributed by atoms with Crippen LogP contribution in [0.5, 0.6) is 5.75 Å². The molecule has 67 heavy (non-hydrogen) atoms. The van der Waals surface area contributed by atoms with Crippen LogP contribution in [0.25, 0.3) is 0 Å². The van der Waals surface area contributed by atoms with Crippen LogP contribution in [-0.2, 0) is 33.0 Å². The van der Waals surface area contributed by atoms with E-state index in [0.29, 0.717) is 12.7 Å². The van der Waals surface area contributed by atoms with E-state index in [2.05, 4.69) is 218 Å². The second-order valence-electron chi connectivity index (χ2n) is 19.9. The van der Waals surface area contributed by atoms with Crippen molar-refractivity contribution in [1.29, 1.82) is 0 Å². The summed E-state index contributed by atoms with van der Waals surface area (Å²) in [4.78, 5) is 23.0. The minimum absolute atomic E-state index is 0.000509. The third kappa shape index (κ3) is 25.5. The molecule has 1 saturated heterocycles. The second-order valence-corrected chi connectivity index (χ2v) is 41.1.